The summed E-state index contributed by atoms with van der Waals surface area (Å²) >= 11 is 0. The predicted molar refractivity (Wildman–Crippen MR) is 184 cm³/mol. The SMILES string of the molecule is CC(C)(c1ccc(S(=O)(=O)O)cc1)c1ccc(Oc2ccc3nc(-c4ccc(N)cc4)c(-c4ccc(N)cc4)nc3c2)c(S(=O)(=O)O)c1. The summed E-state index contributed by atoms with van der Waals surface area (Å²) < 4.78 is 73.7. The summed E-state index contributed by atoms with van der Waals surface area (Å²) in [5.74, 6) is 0.126. The number of rotatable bonds is 8. The molecular weight excluding hydrogens is 653 g/mol. The van der Waals surface area contributed by atoms with Gasteiger partial charge in [-0.25, -0.2) is 9.97 Å². The van der Waals surface area contributed by atoms with Crippen molar-refractivity contribution in [2.75, 3.05) is 11.5 Å². The molecule has 0 aliphatic heterocycles. The van der Waals surface area contributed by atoms with Crippen LogP contribution < -0.4 is 16.2 Å². The summed E-state index contributed by atoms with van der Waals surface area (Å²) in [6.07, 6.45) is 0. The van der Waals surface area contributed by atoms with Crippen molar-refractivity contribution in [2.24, 2.45) is 0 Å². The van der Waals surface area contributed by atoms with Gasteiger partial charge >= 0.3 is 0 Å². The molecule has 0 atom stereocenters. The first kappa shape index (κ1) is 32.6. The summed E-state index contributed by atoms with van der Waals surface area (Å²) in [4.78, 5) is 9.07. The third-order valence-electron chi connectivity index (χ3n) is 8.05. The Morgan fingerprint density at radius 3 is 1.65 bits per heavy atom. The molecule has 0 amide bonds. The van der Waals surface area contributed by atoms with E-state index in [4.69, 9.17) is 26.2 Å². The Kier molecular flexibility index (Phi) is 8.17. The fourth-order valence-corrected chi connectivity index (χ4v) is 6.42. The van der Waals surface area contributed by atoms with Crippen LogP contribution in [0.3, 0.4) is 0 Å². The molecule has 6 N–H and O–H groups in total. The van der Waals surface area contributed by atoms with Crippen molar-refractivity contribution in [1.29, 1.82) is 0 Å². The lowest BCUT2D eigenvalue weighted by Crippen LogP contribution is -2.20. The summed E-state index contributed by atoms with van der Waals surface area (Å²) in [5.41, 5.74) is 17.1. The third-order valence-corrected chi connectivity index (χ3v) is 9.79. The van der Waals surface area contributed by atoms with E-state index in [0.29, 0.717) is 44.9 Å². The molecule has 6 aromatic rings. The lowest BCUT2D eigenvalue weighted by Gasteiger charge is -2.27. The Balaban J connectivity index is 1.40. The zero-order chi connectivity index (χ0) is 34.4. The number of hydrogen-bond donors (Lipinski definition) is 4. The van der Waals surface area contributed by atoms with Gasteiger partial charge < -0.3 is 16.2 Å². The maximum atomic E-state index is 12.6. The molecule has 13 heteroatoms. The molecule has 11 nitrogen and oxygen atoms in total. The van der Waals surface area contributed by atoms with Gasteiger partial charge in [0, 0.05) is 34.0 Å². The quantitative estimate of drug-likeness (QED) is 0.0980. The first-order valence-corrected chi connectivity index (χ1v) is 17.4. The number of fused-ring (bicyclic) bond motifs is 1. The van der Waals surface area contributed by atoms with E-state index in [2.05, 4.69) is 0 Å². The minimum atomic E-state index is -4.76. The fraction of sp³-hybridized carbons (Fsp3) is 0.0857. The highest BCUT2D eigenvalue weighted by atomic mass is 32.2. The maximum Gasteiger partial charge on any atom is 0.298 e. The molecule has 0 aliphatic rings. The third kappa shape index (κ3) is 6.57. The first-order chi connectivity index (χ1) is 22.6. The highest BCUT2D eigenvalue weighted by molar-refractivity contribution is 7.86. The van der Waals surface area contributed by atoms with Crippen LogP contribution in [0.2, 0.25) is 0 Å². The van der Waals surface area contributed by atoms with E-state index < -0.39 is 30.5 Å². The molecule has 0 unspecified atom stereocenters. The van der Waals surface area contributed by atoms with E-state index in [0.717, 1.165) is 11.1 Å². The van der Waals surface area contributed by atoms with E-state index in [9.17, 15) is 25.9 Å². The van der Waals surface area contributed by atoms with Gasteiger partial charge in [-0.05, 0) is 71.8 Å². The number of hydrogen-bond acceptors (Lipinski definition) is 9. The van der Waals surface area contributed by atoms with Crippen LogP contribution in [-0.2, 0) is 25.7 Å². The van der Waals surface area contributed by atoms with Crippen LogP contribution in [0.15, 0.2) is 119 Å². The van der Waals surface area contributed by atoms with E-state index in [1.165, 1.54) is 36.4 Å². The van der Waals surface area contributed by atoms with Gasteiger partial charge in [0.05, 0.1) is 27.3 Å². The maximum absolute atomic E-state index is 12.6. The molecule has 48 heavy (non-hydrogen) atoms. The topological polar surface area (TPSA) is 196 Å². The zero-order valence-corrected chi connectivity index (χ0v) is 27.3. The number of nitrogens with two attached hydrogens (primary N) is 2. The number of aromatic nitrogens is 2. The van der Waals surface area contributed by atoms with Crippen molar-refractivity contribution in [3.05, 3.63) is 120 Å². The molecule has 1 aromatic heterocycles. The van der Waals surface area contributed by atoms with Gasteiger partial charge in [-0.1, -0.05) is 56.3 Å². The van der Waals surface area contributed by atoms with Crippen molar-refractivity contribution in [3.63, 3.8) is 0 Å². The van der Waals surface area contributed by atoms with Crippen LogP contribution in [0.4, 0.5) is 11.4 Å². The van der Waals surface area contributed by atoms with Gasteiger partial charge in [0.1, 0.15) is 16.4 Å². The zero-order valence-electron chi connectivity index (χ0n) is 25.7. The average Bonchev–Trinajstić information content (AvgIpc) is 3.04. The van der Waals surface area contributed by atoms with Crippen LogP contribution in [-0.4, -0.2) is 35.9 Å². The second-order valence-corrected chi connectivity index (χ2v) is 14.5. The van der Waals surface area contributed by atoms with Crippen LogP contribution in [0, 0.1) is 0 Å². The largest absolute Gasteiger partial charge is 0.456 e. The fourth-order valence-electron chi connectivity index (χ4n) is 5.30. The molecule has 0 saturated carbocycles. The van der Waals surface area contributed by atoms with Gasteiger partial charge in [-0.2, -0.15) is 16.8 Å². The second kappa shape index (κ2) is 12.0. The minimum Gasteiger partial charge on any atom is -0.456 e. The van der Waals surface area contributed by atoms with E-state index in [-0.39, 0.29) is 16.4 Å². The number of nitrogens with zero attached hydrogens (tertiary/aromatic N) is 2. The molecule has 0 aliphatic carbocycles. The van der Waals surface area contributed by atoms with Crippen LogP contribution >= 0.6 is 0 Å². The molecular formula is C35H30N4O7S2. The predicted octanol–water partition coefficient (Wildman–Crippen LogP) is 6.74. The highest BCUT2D eigenvalue weighted by Crippen LogP contribution is 2.38. The normalized spacial score (nSPS) is 12.2. The molecule has 1 heterocycles. The Labute approximate surface area is 277 Å². The smallest absolute Gasteiger partial charge is 0.298 e. The van der Waals surface area contributed by atoms with Crippen molar-refractivity contribution < 1.29 is 30.7 Å². The van der Waals surface area contributed by atoms with E-state index in [1.807, 2.05) is 24.3 Å². The Morgan fingerprint density at radius 2 is 1.12 bits per heavy atom. The van der Waals surface area contributed by atoms with Gasteiger partial charge in [0.2, 0.25) is 0 Å². The van der Waals surface area contributed by atoms with Crippen molar-refractivity contribution in [1.82, 2.24) is 9.97 Å². The van der Waals surface area contributed by atoms with Crippen LogP contribution in [0.25, 0.3) is 33.5 Å². The van der Waals surface area contributed by atoms with Gasteiger partial charge in [-0.3, -0.25) is 9.11 Å². The lowest BCUT2D eigenvalue weighted by molar-refractivity contribution is 0.449. The van der Waals surface area contributed by atoms with Gasteiger partial charge in [0.15, 0.2) is 0 Å². The Morgan fingerprint density at radius 1 is 0.604 bits per heavy atom. The minimum absolute atomic E-state index is 0.122. The Bertz CT molecular complexity index is 2400. The van der Waals surface area contributed by atoms with Crippen molar-refractivity contribution in [3.8, 4) is 34.0 Å². The summed E-state index contributed by atoms with van der Waals surface area (Å²) in [6, 6.07) is 29.4. The van der Waals surface area contributed by atoms with Crippen LogP contribution in [0.5, 0.6) is 11.5 Å². The second-order valence-electron chi connectivity index (χ2n) is 11.7. The van der Waals surface area contributed by atoms with E-state index in [1.54, 1.807) is 62.4 Å². The van der Waals surface area contributed by atoms with Gasteiger partial charge in [0.25, 0.3) is 20.2 Å². The highest BCUT2D eigenvalue weighted by Gasteiger charge is 2.28. The molecule has 0 bridgehead atoms. The molecule has 0 spiro atoms. The number of ether oxygens (including phenoxy) is 1. The van der Waals surface area contributed by atoms with Crippen molar-refractivity contribution in [2.45, 2.75) is 29.1 Å². The number of anilines is 2. The lowest BCUT2D eigenvalue weighted by atomic mass is 9.78. The molecule has 244 valence electrons. The molecule has 0 radical (unpaired) electrons. The first-order valence-electron chi connectivity index (χ1n) is 14.5. The monoisotopic (exact) mass is 682 g/mol. The standard InChI is InChI=1S/C35H30N4O7S2/c1-35(2,23-7-15-28(16-8-23)47(40,41)42)24-9-18-31(32(19-24)48(43,44)45)46-27-14-17-29-30(20-27)39-34(22-5-12-26(37)13-6-22)33(38-29)21-3-10-25(36)11-4-21/h3-20H,36-37H2,1-2H3,(H,40,41,42)(H,43,44,45). The van der Waals surface area contributed by atoms with Gasteiger partial charge in [-0.15, -0.1) is 0 Å². The Hall–Kier alpha value is -5.34. The summed E-state index contributed by atoms with van der Waals surface area (Å²) in [6.45, 7) is 3.61. The number of benzene rings is 5. The average molecular weight is 683 g/mol. The molecule has 5 aromatic carbocycles. The summed E-state index contributed by atoms with van der Waals surface area (Å²) in [7, 11) is -9.14. The summed E-state index contributed by atoms with van der Waals surface area (Å²) in [5, 5.41) is 0. The molecule has 0 fully saturated rings. The van der Waals surface area contributed by atoms with E-state index >= 15 is 0 Å². The van der Waals surface area contributed by atoms with Crippen molar-refractivity contribution >= 4 is 42.6 Å². The van der Waals surface area contributed by atoms with Crippen LogP contribution in [0.1, 0.15) is 25.0 Å². The number of nitrogen functional groups attached to an aromatic ring is 2. The molecule has 0 saturated heterocycles. The molecule has 6 rings (SSSR count).